The third-order valence-corrected chi connectivity index (χ3v) is 10.3. The summed E-state index contributed by atoms with van der Waals surface area (Å²) >= 11 is 0. The molecule has 0 unspecified atom stereocenters. The van der Waals surface area contributed by atoms with E-state index in [0.717, 1.165) is 11.7 Å². The molecule has 136 valence electrons. The summed E-state index contributed by atoms with van der Waals surface area (Å²) in [6.07, 6.45) is 0.917. The first-order valence-electron chi connectivity index (χ1n) is 9.49. The molecule has 0 aliphatic rings. The second-order valence-corrected chi connectivity index (χ2v) is 10.8. The van der Waals surface area contributed by atoms with Crippen molar-refractivity contribution in [2.45, 2.75) is 6.16 Å². The second-order valence-electron chi connectivity index (χ2n) is 6.96. The predicted molar refractivity (Wildman–Crippen MR) is 121 cm³/mol. The molecular weight excluding hydrogens is 357 g/mol. The van der Waals surface area contributed by atoms with Gasteiger partial charge >= 0.3 is 167 Å². The summed E-state index contributed by atoms with van der Waals surface area (Å²) in [5, 5.41) is 13.7. The zero-order valence-corrected chi connectivity index (χ0v) is 16.6. The summed E-state index contributed by atoms with van der Waals surface area (Å²) < 4.78 is 0. The van der Waals surface area contributed by atoms with Crippen LogP contribution < -0.4 is 15.9 Å². The van der Waals surface area contributed by atoms with Gasteiger partial charge in [-0.3, -0.25) is 0 Å². The summed E-state index contributed by atoms with van der Waals surface area (Å²) in [4.78, 5) is 0. The van der Waals surface area contributed by atoms with E-state index in [1.807, 2.05) is 12.1 Å². The summed E-state index contributed by atoms with van der Waals surface area (Å²) in [7, 11) is -2.45. The van der Waals surface area contributed by atoms with Gasteiger partial charge in [-0.05, 0) is 0 Å². The van der Waals surface area contributed by atoms with Gasteiger partial charge in [0.05, 0.1) is 0 Å². The zero-order chi connectivity index (χ0) is 19.2. The van der Waals surface area contributed by atoms with Crippen molar-refractivity contribution < 1.29 is 0 Å². The Labute approximate surface area is 167 Å². The minimum atomic E-state index is -2.45. The van der Waals surface area contributed by atoms with E-state index in [1.165, 1.54) is 21.5 Å². The molecule has 0 saturated heterocycles. The average molecular weight is 379 g/mol. The van der Waals surface area contributed by atoms with Gasteiger partial charge in [0.1, 0.15) is 0 Å². The van der Waals surface area contributed by atoms with Crippen LogP contribution in [0, 0.1) is 11.3 Å². The third-order valence-electron chi connectivity index (χ3n) is 5.35. The summed E-state index contributed by atoms with van der Waals surface area (Å²) in [5.41, 5.74) is 2.08. The fraction of sp³-hybridized carbons (Fsp3) is 0.0385. The molecule has 0 heterocycles. The van der Waals surface area contributed by atoms with Gasteiger partial charge in [0.25, 0.3) is 0 Å². The first kappa shape index (κ1) is 18.2. The number of benzene rings is 4. The van der Waals surface area contributed by atoms with Crippen LogP contribution in [0.25, 0.3) is 0 Å². The van der Waals surface area contributed by atoms with Gasteiger partial charge in [-0.15, -0.1) is 0 Å². The molecule has 0 aromatic heterocycles. The Balaban J connectivity index is 2.07. The Hall–Kier alpha value is -3.20. The van der Waals surface area contributed by atoms with Gasteiger partial charge in [0.15, 0.2) is 0 Å². The van der Waals surface area contributed by atoms with Crippen LogP contribution in [-0.4, -0.2) is 0 Å². The Kier molecular flexibility index (Phi) is 5.34. The molecule has 0 N–H and O–H groups in total. The molecule has 0 atom stereocenters. The Bertz CT molecular complexity index is 1040. The molecule has 4 rings (SSSR count). The van der Waals surface area contributed by atoms with Crippen molar-refractivity contribution in [1.29, 1.82) is 5.26 Å². The predicted octanol–water partition coefficient (Wildman–Crippen LogP) is 4.78. The van der Waals surface area contributed by atoms with Crippen LogP contribution in [0.1, 0.15) is 11.1 Å². The SMILES string of the molecule is N#Cc1ccccc1[PH](Cc1ccccc1)(c1ccccc1)c1ccccc1. The topological polar surface area (TPSA) is 23.8 Å². The van der Waals surface area contributed by atoms with Crippen molar-refractivity contribution in [2.24, 2.45) is 0 Å². The van der Waals surface area contributed by atoms with E-state index >= 15 is 0 Å². The van der Waals surface area contributed by atoms with Crippen molar-refractivity contribution in [3.63, 3.8) is 0 Å². The molecular formula is C26H22NP. The van der Waals surface area contributed by atoms with Crippen molar-refractivity contribution in [1.82, 2.24) is 0 Å². The maximum absolute atomic E-state index is 9.91. The van der Waals surface area contributed by atoms with Gasteiger partial charge in [-0.2, -0.15) is 0 Å². The van der Waals surface area contributed by atoms with E-state index in [-0.39, 0.29) is 0 Å². The number of nitrogens with zero attached hydrogens (tertiary/aromatic N) is 1. The van der Waals surface area contributed by atoms with Crippen LogP contribution in [-0.2, 0) is 6.16 Å². The van der Waals surface area contributed by atoms with Gasteiger partial charge in [-0.25, -0.2) is 0 Å². The minimum absolute atomic E-state index is 0.776. The van der Waals surface area contributed by atoms with Gasteiger partial charge in [-0.1, -0.05) is 0 Å². The van der Waals surface area contributed by atoms with E-state index < -0.39 is 7.26 Å². The van der Waals surface area contributed by atoms with E-state index in [9.17, 15) is 5.26 Å². The average Bonchev–Trinajstić information content (AvgIpc) is 2.79. The summed E-state index contributed by atoms with van der Waals surface area (Å²) in [5.74, 6) is 0. The molecule has 0 saturated carbocycles. The van der Waals surface area contributed by atoms with Crippen LogP contribution in [0.5, 0.6) is 0 Å². The van der Waals surface area contributed by atoms with Crippen LogP contribution in [0.3, 0.4) is 0 Å². The quantitative estimate of drug-likeness (QED) is 0.458. The third kappa shape index (κ3) is 3.36. The molecule has 1 nitrogen and oxygen atoms in total. The standard InChI is InChI=1S/C26H22NP/c27-20-23-14-10-11-19-26(23)28(24-15-6-2-7-16-24,25-17-8-3-9-18-25)21-22-12-4-1-5-13-22/h1-19,28H,21H2. The Morgan fingerprint density at radius 3 is 1.57 bits per heavy atom. The number of hydrogen-bond donors (Lipinski definition) is 0. The molecule has 28 heavy (non-hydrogen) atoms. The summed E-state index contributed by atoms with van der Waals surface area (Å²) in [6.45, 7) is 0. The molecule has 0 fully saturated rings. The Morgan fingerprint density at radius 1 is 0.571 bits per heavy atom. The molecule has 0 bridgehead atoms. The first-order valence-corrected chi connectivity index (χ1v) is 11.7. The Morgan fingerprint density at radius 2 is 1.04 bits per heavy atom. The van der Waals surface area contributed by atoms with Crippen LogP contribution in [0.15, 0.2) is 115 Å². The first-order chi connectivity index (χ1) is 13.8. The van der Waals surface area contributed by atoms with Crippen molar-refractivity contribution in [3.05, 3.63) is 126 Å². The van der Waals surface area contributed by atoms with Crippen molar-refractivity contribution in [3.8, 4) is 6.07 Å². The van der Waals surface area contributed by atoms with Gasteiger partial charge < -0.3 is 0 Å². The van der Waals surface area contributed by atoms with E-state index in [1.54, 1.807) is 0 Å². The van der Waals surface area contributed by atoms with Gasteiger partial charge in [0.2, 0.25) is 0 Å². The number of rotatable bonds is 5. The van der Waals surface area contributed by atoms with Crippen LogP contribution >= 0.6 is 7.26 Å². The van der Waals surface area contributed by atoms with E-state index in [2.05, 4.69) is 109 Å². The molecule has 4 aromatic rings. The molecule has 0 amide bonds. The maximum atomic E-state index is 9.91. The molecule has 0 aliphatic carbocycles. The molecule has 0 aliphatic heterocycles. The number of nitriles is 1. The number of hydrogen-bond acceptors (Lipinski definition) is 1. The monoisotopic (exact) mass is 379 g/mol. The molecule has 2 heteroatoms. The summed E-state index contributed by atoms with van der Waals surface area (Å²) in [6, 6.07) is 42.7. The molecule has 0 radical (unpaired) electrons. The second kappa shape index (κ2) is 8.22. The molecule has 0 spiro atoms. The molecule has 4 aromatic carbocycles. The van der Waals surface area contributed by atoms with Crippen LogP contribution in [0.4, 0.5) is 0 Å². The zero-order valence-electron chi connectivity index (χ0n) is 15.6. The van der Waals surface area contributed by atoms with Crippen molar-refractivity contribution >= 4 is 23.2 Å². The fourth-order valence-electron chi connectivity index (χ4n) is 4.08. The van der Waals surface area contributed by atoms with Crippen molar-refractivity contribution in [2.75, 3.05) is 0 Å². The van der Waals surface area contributed by atoms with Crippen LogP contribution in [0.2, 0.25) is 0 Å². The van der Waals surface area contributed by atoms with E-state index in [0.29, 0.717) is 0 Å². The fourth-order valence-corrected chi connectivity index (χ4v) is 8.98. The normalized spacial score (nSPS) is 11.5. The van der Waals surface area contributed by atoms with E-state index in [4.69, 9.17) is 0 Å². The van der Waals surface area contributed by atoms with Gasteiger partial charge in [0, 0.05) is 0 Å².